The largest absolute Gasteiger partial charge is 0.497 e. The average molecular weight is 307 g/mol. The first-order valence-corrected chi connectivity index (χ1v) is 7.12. The van der Waals surface area contributed by atoms with E-state index < -0.39 is 0 Å². The van der Waals surface area contributed by atoms with Crippen LogP contribution in [0.25, 0.3) is 0 Å². The normalized spacial score (nSPS) is 14.4. The summed E-state index contributed by atoms with van der Waals surface area (Å²) in [7, 11) is 3.17. The van der Waals surface area contributed by atoms with E-state index in [4.69, 9.17) is 9.47 Å². The molecule has 0 aromatic heterocycles. The first-order valence-electron chi connectivity index (χ1n) is 7.12. The molecule has 1 heterocycles. The zero-order valence-electron chi connectivity index (χ0n) is 12.9. The van der Waals surface area contributed by atoms with Crippen molar-refractivity contribution in [3.63, 3.8) is 0 Å². The van der Waals surface area contributed by atoms with E-state index >= 15 is 0 Å². The predicted molar refractivity (Wildman–Crippen MR) is 82.2 cm³/mol. The molecule has 1 aromatic carbocycles. The monoisotopic (exact) mass is 307 g/mol. The molecule has 0 saturated carbocycles. The van der Waals surface area contributed by atoms with Crippen LogP contribution in [-0.2, 0) is 9.53 Å². The summed E-state index contributed by atoms with van der Waals surface area (Å²) in [6.07, 6.45) is 0. The van der Waals surface area contributed by atoms with Gasteiger partial charge < -0.3 is 19.7 Å². The van der Waals surface area contributed by atoms with Gasteiger partial charge in [-0.25, -0.2) is 4.79 Å². The number of benzene rings is 1. The van der Waals surface area contributed by atoms with E-state index in [1.807, 2.05) is 24.3 Å². The number of rotatable bonds is 7. The summed E-state index contributed by atoms with van der Waals surface area (Å²) in [4.78, 5) is 27.3. The van der Waals surface area contributed by atoms with Crippen LogP contribution in [0.1, 0.15) is 0 Å². The lowest BCUT2D eigenvalue weighted by atomic mass is 10.3. The zero-order valence-corrected chi connectivity index (χ0v) is 12.9. The maximum atomic E-state index is 12.3. The standard InChI is InChI=1S/C15H21N3O4/c1-21-10-7-16-14(19)11-17-8-9-18(15(17)20)12-3-5-13(22-2)6-4-12/h3-6H,7-11H2,1-2H3,(H,16,19). The van der Waals surface area contributed by atoms with Crippen LogP contribution in [0.4, 0.5) is 10.5 Å². The molecule has 7 nitrogen and oxygen atoms in total. The fourth-order valence-corrected chi connectivity index (χ4v) is 2.25. The summed E-state index contributed by atoms with van der Waals surface area (Å²) in [5, 5.41) is 2.71. The molecule has 1 aliphatic heterocycles. The summed E-state index contributed by atoms with van der Waals surface area (Å²) in [5.74, 6) is 0.562. The Hall–Kier alpha value is -2.28. The molecular formula is C15H21N3O4. The molecule has 2 rings (SSSR count). The Morgan fingerprint density at radius 2 is 1.95 bits per heavy atom. The van der Waals surface area contributed by atoms with Gasteiger partial charge >= 0.3 is 6.03 Å². The quantitative estimate of drug-likeness (QED) is 0.753. The van der Waals surface area contributed by atoms with E-state index in [0.29, 0.717) is 26.2 Å². The van der Waals surface area contributed by atoms with Gasteiger partial charge in [-0.1, -0.05) is 0 Å². The lowest BCUT2D eigenvalue weighted by Crippen LogP contribution is -2.40. The Balaban J connectivity index is 1.90. The number of carbonyl (C=O) groups excluding carboxylic acids is 2. The molecule has 120 valence electrons. The van der Waals surface area contributed by atoms with Crippen LogP contribution in [0.15, 0.2) is 24.3 Å². The molecule has 0 spiro atoms. The molecule has 22 heavy (non-hydrogen) atoms. The van der Waals surface area contributed by atoms with Crippen molar-refractivity contribution in [3.05, 3.63) is 24.3 Å². The fourth-order valence-electron chi connectivity index (χ4n) is 2.25. The third-order valence-corrected chi connectivity index (χ3v) is 3.44. The van der Waals surface area contributed by atoms with Gasteiger partial charge in [0, 0.05) is 32.4 Å². The van der Waals surface area contributed by atoms with Gasteiger partial charge in [0.2, 0.25) is 5.91 Å². The van der Waals surface area contributed by atoms with Crippen LogP contribution in [0, 0.1) is 0 Å². The molecule has 0 aliphatic carbocycles. The number of hydrogen-bond acceptors (Lipinski definition) is 4. The van der Waals surface area contributed by atoms with Crippen LogP contribution >= 0.6 is 0 Å². The highest BCUT2D eigenvalue weighted by molar-refractivity contribution is 5.96. The van der Waals surface area contributed by atoms with Gasteiger partial charge in [0.05, 0.1) is 13.7 Å². The second-order valence-corrected chi connectivity index (χ2v) is 4.90. The summed E-state index contributed by atoms with van der Waals surface area (Å²) in [6.45, 7) is 2.06. The SMILES string of the molecule is COCCNC(=O)CN1CCN(c2ccc(OC)cc2)C1=O. The third kappa shape index (κ3) is 3.88. The molecular weight excluding hydrogens is 286 g/mol. The highest BCUT2D eigenvalue weighted by Gasteiger charge is 2.30. The summed E-state index contributed by atoms with van der Waals surface area (Å²) < 4.78 is 9.97. The van der Waals surface area contributed by atoms with E-state index in [1.165, 1.54) is 4.90 Å². The van der Waals surface area contributed by atoms with Crippen LogP contribution in [-0.4, -0.2) is 63.8 Å². The van der Waals surface area contributed by atoms with Crippen molar-refractivity contribution in [1.29, 1.82) is 0 Å². The minimum absolute atomic E-state index is 0.0647. The number of urea groups is 1. The first-order chi connectivity index (χ1) is 10.7. The number of hydrogen-bond donors (Lipinski definition) is 1. The van der Waals surface area contributed by atoms with Crippen molar-refractivity contribution >= 4 is 17.6 Å². The number of anilines is 1. The molecule has 1 fully saturated rings. The van der Waals surface area contributed by atoms with Gasteiger partial charge in [0.15, 0.2) is 0 Å². The number of ether oxygens (including phenoxy) is 2. The second-order valence-electron chi connectivity index (χ2n) is 4.90. The molecule has 0 radical (unpaired) electrons. The number of amides is 3. The second kappa shape index (κ2) is 7.65. The topological polar surface area (TPSA) is 71.1 Å². The highest BCUT2D eigenvalue weighted by atomic mass is 16.5. The summed E-state index contributed by atoms with van der Waals surface area (Å²) in [6, 6.07) is 7.12. The van der Waals surface area contributed by atoms with Crippen molar-refractivity contribution in [2.24, 2.45) is 0 Å². The third-order valence-electron chi connectivity index (χ3n) is 3.44. The van der Waals surface area contributed by atoms with Crippen molar-refractivity contribution in [2.45, 2.75) is 0 Å². The molecule has 1 aromatic rings. The zero-order chi connectivity index (χ0) is 15.9. The Kier molecular flexibility index (Phi) is 5.60. The van der Waals surface area contributed by atoms with Gasteiger partial charge in [-0.3, -0.25) is 9.69 Å². The molecule has 0 bridgehead atoms. The molecule has 0 atom stereocenters. The van der Waals surface area contributed by atoms with Crippen molar-refractivity contribution in [3.8, 4) is 5.75 Å². The number of nitrogens with one attached hydrogen (secondary N) is 1. The molecule has 1 N–H and O–H groups in total. The maximum absolute atomic E-state index is 12.3. The highest BCUT2D eigenvalue weighted by Crippen LogP contribution is 2.22. The van der Waals surface area contributed by atoms with Crippen molar-refractivity contribution in [2.75, 3.05) is 51.9 Å². The predicted octanol–water partition coefficient (Wildman–Crippen LogP) is 0.700. The van der Waals surface area contributed by atoms with Gasteiger partial charge in [0.25, 0.3) is 0 Å². The van der Waals surface area contributed by atoms with Crippen molar-refractivity contribution in [1.82, 2.24) is 10.2 Å². The Labute approximate surface area is 129 Å². The lowest BCUT2D eigenvalue weighted by molar-refractivity contribution is -0.121. The molecule has 7 heteroatoms. The minimum atomic E-state index is -0.179. The van der Waals surface area contributed by atoms with Crippen LogP contribution < -0.4 is 15.0 Å². The first kappa shape index (κ1) is 16.1. The van der Waals surface area contributed by atoms with Crippen molar-refractivity contribution < 1.29 is 19.1 Å². The Morgan fingerprint density at radius 1 is 1.23 bits per heavy atom. The molecule has 0 unspecified atom stereocenters. The summed E-state index contributed by atoms with van der Waals surface area (Å²) >= 11 is 0. The smallest absolute Gasteiger partial charge is 0.325 e. The summed E-state index contributed by atoms with van der Waals surface area (Å²) in [5.41, 5.74) is 0.799. The van der Waals surface area contributed by atoms with E-state index in [1.54, 1.807) is 19.1 Å². The molecule has 3 amide bonds. The fraction of sp³-hybridized carbons (Fsp3) is 0.467. The van der Waals surface area contributed by atoms with Crippen LogP contribution in [0.2, 0.25) is 0 Å². The van der Waals surface area contributed by atoms with Crippen LogP contribution in [0.5, 0.6) is 5.75 Å². The number of nitrogens with zero attached hydrogens (tertiary/aromatic N) is 2. The van der Waals surface area contributed by atoms with E-state index in [9.17, 15) is 9.59 Å². The number of carbonyl (C=O) groups is 2. The van der Waals surface area contributed by atoms with Crippen LogP contribution in [0.3, 0.4) is 0 Å². The molecule has 1 aliphatic rings. The Morgan fingerprint density at radius 3 is 2.59 bits per heavy atom. The maximum Gasteiger partial charge on any atom is 0.325 e. The van der Waals surface area contributed by atoms with E-state index in [-0.39, 0.29) is 18.5 Å². The van der Waals surface area contributed by atoms with Gasteiger partial charge in [0.1, 0.15) is 12.3 Å². The van der Waals surface area contributed by atoms with Gasteiger partial charge in [-0.2, -0.15) is 0 Å². The lowest BCUT2D eigenvalue weighted by Gasteiger charge is -2.18. The van der Waals surface area contributed by atoms with E-state index in [0.717, 1.165) is 11.4 Å². The minimum Gasteiger partial charge on any atom is -0.497 e. The average Bonchev–Trinajstić information content (AvgIpc) is 2.89. The number of methoxy groups -OCH3 is 2. The van der Waals surface area contributed by atoms with E-state index in [2.05, 4.69) is 5.32 Å². The van der Waals surface area contributed by atoms with Gasteiger partial charge in [-0.05, 0) is 24.3 Å². The van der Waals surface area contributed by atoms with Gasteiger partial charge in [-0.15, -0.1) is 0 Å². The Bertz CT molecular complexity index is 518. The molecule has 1 saturated heterocycles.